The van der Waals surface area contributed by atoms with Crippen molar-refractivity contribution in [2.75, 3.05) is 0 Å². The first-order valence-electron chi connectivity index (χ1n) is 12.3. The van der Waals surface area contributed by atoms with Crippen LogP contribution in [-0.2, 0) is 6.54 Å². The number of rotatable bonds is 5. The number of aliphatic hydroxyl groups is 1. The minimum absolute atomic E-state index is 0.111. The molecule has 182 valence electrons. The van der Waals surface area contributed by atoms with Gasteiger partial charge >= 0.3 is 0 Å². The zero-order chi connectivity index (χ0) is 24.7. The van der Waals surface area contributed by atoms with Crippen LogP contribution in [0.3, 0.4) is 0 Å². The van der Waals surface area contributed by atoms with Crippen LogP contribution in [0.1, 0.15) is 41.7 Å². The third-order valence-electron chi connectivity index (χ3n) is 7.15. The highest BCUT2D eigenvalue weighted by Crippen LogP contribution is 2.32. The number of nitrogens with one attached hydrogen (secondary N) is 2. The highest BCUT2D eigenvalue weighted by Gasteiger charge is 2.36. The van der Waals surface area contributed by atoms with Crippen LogP contribution in [0.4, 0.5) is 0 Å². The molecule has 8 nitrogen and oxygen atoms in total. The van der Waals surface area contributed by atoms with E-state index in [1.807, 2.05) is 72.4 Å². The van der Waals surface area contributed by atoms with Crippen molar-refractivity contribution in [1.82, 2.24) is 30.3 Å². The first-order chi connectivity index (χ1) is 17.5. The van der Waals surface area contributed by atoms with Crippen LogP contribution in [0.15, 0.2) is 67.0 Å². The van der Waals surface area contributed by atoms with Crippen LogP contribution in [-0.4, -0.2) is 47.6 Å². The van der Waals surface area contributed by atoms with Gasteiger partial charge in [-0.2, -0.15) is 10.2 Å². The van der Waals surface area contributed by atoms with Gasteiger partial charge in [0.2, 0.25) is 0 Å². The molecule has 1 aliphatic rings. The smallest absolute Gasteiger partial charge is 0.251 e. The lowest BCUT2D eigenvalue weighted by Crippen LogP contribution is -2.47. The molecule has 0 saturated heterocycles. The lowest BCUT2D eigenvalue weighted by Gasteiger charge is -2.37. The van der Waals surface area contributed by atoms with E-state index in [9.17, 15) is 9.90 Å². The number of aryl methyl sites for hydroxylation is 1. The molecule has 1 fully saturated rings. The Hall–Kier alpha value is -4.04. The molecule has 2 aromatic carbocycles. The maximum absolute atomic E-state index is 13.2. The first kappa shape index (κ1) is 22.4. The van der Waals surface area contributed by atoms with Crippen LogP contribution < -0.4 is 5.32 Å². The summed E-state index contributed by atoms with van der Waals surface area (Å²) in [4.78, 5) is 17.5. The van der Waals surface area contributed by atoms with E-state index in [1.165, 1.54) is 0 Å². The quantitative estimate of drug-likeness (QED) is 0.346. The minimum Gasteiger partial charge on any atom is -0.388 e. The van der Waals surface area contributed by atoms with Crippen molar-refractivity contribution in [1.29, 1.82) is 0 Å². The summed E-state index contributed by atoms with van der Waals surface area (Å²) >= 11 is 0. The SMILES string of the molecule is Cc1cc(-c2n[nH]c3ccc(C(=O)N[C@@H]4CCC[C@](O)(Cn5ncc6ccccc65)C4)cc23)ccn1. The Morgan fingerprint density at radius 1 is 1.22 bits per heavy atom. The molecule has 6 rings (SSSR count). The number of aromatic nitrogens is 5. The highest BCUT2D eigenvalue weighted by atomic mass is 16.3. The van der Waals surface area contributed by atoms with Crippen molar-refractivity contribution < 1.29 is 9.90 Å². The normalized spacial score (nSPS) is 20.1. The van der Waals surface area contributed by atoms with Crippen molar-refractivity contribution in [3.05, 3.63) is 78.2 Å². The summed E-state index contributed by atoms with van der Waals surface area (Å²) in [6.07, 6.45) is 6.44. The summed E-state index contributed by atoms with van der Waals surface area (Å²) in [5.41, 5.74) is 4.18. The van der Waals surface area contributed by atoms with Gasteiger partial charge in [-0.15, -0.1) is 0 Å². The van der Waals surface area contributed by atoms with Gasteiger partial charge < -0.3 is 10.4 Å². The zero-order valence-corrected chi connectivity index (χ0v) is 20.1. The van der Waals surface area contributed by atoms with Crippen LogP contribution in [0.5, 0.6) is 0 Å². The topological polar surface area (TPSA) is 109 Å². The molecule has 0 unspecified atom stereocenters. The predicted molar refractivity (Wildman–Crippen MR) is 138 cm³/mol. The van der Waals surface area contributed by atoms with E-state index in [-0.39, 0.29) is 11.9 Å². The summed E-state index contributed by atoms with van der Waals surface area (Å²) in [7, 11) is 0. The molecule has 0 aliphatic heterocycles. The molecule has 1 saturated carbocycles. The maximum atomic E-state index is 13.2. The summed E-state index contributed by atoms with van der Waals surface area (Å²) < 4.78 is 1.87. The van der Waals surface area contributed by atoms with Gasteiger partial charge in [-0.3, -0.25) is 19.6 Å². The maximum Gasteiger partial charge on any atom is 0.251 e. The molecule has 3 heterocycles. The van der Waals surface area contributed by atoms with Gasteiger partial charge in [-0.25, -0.2) is 0 Å². The highest BCUT2D eigenvalue weighted by molar-refractivity contribution is 6.01. The van der Waals surface area contributed by atoms with Crippen molar-refractivity contribution in [2.45, 2.75) is 50.8 Å². The number of hydrogen-bond acceptors (Lipinski definition) is 5. The van der Waals surface area contributed by atoms with Crippen molar-refractivity contribution in [3.8, 4) is 11.3 Å². The number of H-pyrrole nitrogens is 1. The predicted octanol–water partition coefficient (Wildman–Crippen LogP) is 4.39. The number of nitrogens with zero attached hydrogens (tertiary/aromatic N) is 4. The first-order valence-corrected chi connectivity index (χ1v) is 12.3. The van der Waals surface area contributed by atoms with E-state index >= 15 is 0 Å². The average Bonchev–Trinajstić information content (AvgIpc) is 3.48. The monoisotopic (exact) mass is 480 g/mol. The van der Waals surface area contributed by atoms with E-state index in [0.29, 0.717) is 24.9 Å². The molecule has 5 aromatic rings. The molecule has 0 bridgehead atoms. The number of para-hydroxylation sites is 1. The van der Waals surface area contributed by atoms with Crippen LogP contribution in [0.25, 0.3) is 33.1 Å². The Kier molecular flexibility index (Phi) is 5.53. The molecule has 3 aromatic heterocycles. The van der Waals surface area contributed by atoms with E-state index in [2.05, 4.69) is 25.6 Å². The Morgan fingerprint density at radius 2 is 2.11 bits per heavy atom. The Balaban J connectivity index is 1.20. The molecular weight excluding hydrogens is 452 g/mol. The lowest BCUT2D eigenvalue weighted by atomic mass is 9.81. The van der Waals surface area contributed by atoms with Crippen molar-refractivity contribution in [2.24, 2.45) is 0 Å². The number of benzene rings is 2. The van der Waals surface area contributed by atoms with Crippen molar-refractivity contribution in [3.63, 3.8) is 0 Å². The molecule has 36 heavy (non-hydrogen) atoms. The number of fused-ring (bicyclic) bond motifs is 2. The fourth-order valence-corrected chi connectivity index (χ4v) is 5.37. The second-order valence-corrected chi connectivity index (χ2v) is 9.87. The summed E-state index contributed by atoms with van der Waals surface area (Å²) in [6.45, 7) is 2.35. The molecule has 0 radical (unpaired) electrons. The number of pyridine rings is 1. The fraction of sp³-hybridized carbons (Fsp3) is 0.286. The van der Waals surface area contributed by atoms with Gasteiger partial charge in [0, 0.05) is 39.8 Å². The number of carbonyl (C=O) groups is 1. The van der Waals surface area contributed by atoms with Crippen LogP contribution in [0.2, 0.25) is 0 Å². The Morgan fingerprint density at radius 3 is 3.00 bits per heavy atom. The van der Waals surface area contributed by atoms with Gasteiger partial charge in [-0.05, 0) is 69.0 Å². The van der Waals surface area contributed by atoms with Gasteiger partial charge in [0.15, 0.2) is 0 Å². The molecule has 3 N–H and O–H groups in total. The minimum atomic E-state index is -0.925. The number of aromatic amines is 1. The second-order valence-electron chi connectivity index (χ2n) is 9.87. The van der Waals surface area contributed by atoms with Crippen LogP contribution in [0, 0.1) is 6.92 Å². The fourth-order valence-electron chi connectivity index (χ4n) is 5.37. The van der Waals surface area contributed by atoms with Gasteiger partial charge in [0.1, 0.15) is 5.69 Å². The van der Waals surface area contributed by atoms with Gasteiger partial charge in [-0.1, -0.05) is 18.2 Å². The molecule has 8 heteroatoms. The second kappa shape index (κ2) is 8.87. The third-order valence-corrected chi connectivity index (χ3v) is 7.15. The van der Waals surface area contributed by atoms with Crippen LogP contribution >= 0.6 is 0 Å². The number of carbonyl (C=O) groups excluding carboxylic acids is 1. The van der Waals surface area contributed by atoms with E-state index < -0.39 is 5.60 Å². The Bertz CT molecular complexity index is 1570. The average molecular weight is 481 g/mol. The molecule has 1 aliphatic carbocycles. The largest absolute Gasteiger partial charge is 0.388 e. The van der Waals surface area contributed by atoms with E-state index in [1.54, 1.807) is 6.20 Å². The lowest BCUT2D eigenvalue weighted by molar-refractivity contribution is -0.0227. The molecule has 0 spiro atoms. The standard InChI is InChI=1S/C28H28N6O2/c1-18-13-19(10-12-29-18)26-23-14-20(8-9-24(23)32-33-26)27(35)31-22-6-4-11-28(36,15-22)17-34-25-7-3-2-5-21(25)16-30-34/h2-3,5,7-10,12-14,16,22,36H,4,6,11,15,17H2,1H3,(H,31,35)(H,32,33)/t22-,28-/m1/s1. The molecule has 1 amide bonds. The summed E-state index contributed by atoms with van der Waals surface area (Å²) in [6, 6.07) is 17.4. The zero-order valence-electron chi connectivity index (χ0n) is 20.1. The molecular formula is C28H28N6O2. The van der Waals surface area contributed by atoms with E-state index in [4.69, 9.17) is 0 Å². The Labute approximate surface area is 208 Å². The van der Waals surface area contributed by atoms with Crippen molar-refractivity contribution >= 4 is 27.7 Å². The van der Waals surface area contributed by atoms with Gasteiger partial charge in [0.05, 0.1) is 29.4 Å². The molecule has 2 atom stereocenters. The van der Waals surface area contributed by atoms with E-state index in [0.717, 1.165) is 51.6 Å². The summed E-state index contributed by atoms with van der Waals surface area (Å²) in [5, 5.41) is 28.5. The third kappa shape index (κ3) is 4.24. The number of amides is 1. The summed E-state index contributed by atoms with van der Waals surface area (Å²) in [5.74, 6) is -0.145. The van der Waals surface area contributed by atoms with Gasteiger partial charge in [0.25, 0.3) is 5.91 Å². The number of hydrogen-bond donors (Lipinski definition) is 3.